The summed E-state index contributed by atoms with van der Waals surface area (Å²) in [6, 6.07) is 11.2. The molecular formula is C14H10BrCl2NO2. The van der Waals surface area contributed by atoms with Gasteiger partial charge in [-0.25, -0.2) is 4.79 Å². The van der Waals surface area contributed by atoms with Gasteiger partial charge in [-0.2, -0.15) is 0 Å². The molecule has 0 saturated heterocycles. The predicted molar refractivity (Wildman–Crippen MR) is 84.6 cm³/mol. The van der Waals surface area contributed by atoms with Crippen LogP contribution in [0, 0.1) is 0 Å². The summed E-state index contributed by atoms with van der Waals surface area (Å²) in [5, 5.41) is 12.9. The van der Waals surface area contributed by atoms with Crippen LogP contribution in [0.2, 0.25) is 10.0 Å². The van der Waals surface area contributed by atoms with Gasteiger partial charge in [0.2, 0.25) is 0 Å². The number of anilines is 1. The second kappa shape index (κ2) is 6.48. The summed E-state index contributed by atoms with van der Waals surface area (Å²) in [7, 11) is 0. The Labute approximate surface area is 134 Å². The Balaban J connectivity index is 2.37. The molecule has 104 valence electrons. The van der Waals surface area contributed by atoms with Crippen molar-refractivity contribution in [3.63, 3.8) is 0 Å². The fraction of sp³-hybridized carbons (Fsp3) is 0.0714. The monoisotopic (exact) mass is 373 g/mol. The van der Waals surface area contributed by atoms with Crippen LogP contribution in [-0.2, 0) is 4.79 Å². The third kappa shape index (κ3) is 3.45. The lowest BCUT2D eigenvalue weighted by Gasteiger charge is -2.18. The van der Waals surface area contributed by atoms with E-state index in [0.29, 0.717) is 16.3 Å². The van der Waals surface area contributed by atoms with E-state index in [2.05, 4.69) is 21.2 Å². The summed E-state index contributed by atoms with van der Waals surface area (Å²) in [5.41, 5.74) is 1.09. The van der Waals surface area contributed by atoms with Crippen molar-refractivity contribution in [2.45, 2.75) is 6.04 Å². The molecule has 2 aromatic carbocycles. The van der Waals surface area contributed by atoms with Gasteiger partial charge in [0.15, 0.2) is 6.04 Å². The topological polar surface area (TPSA) is 49.3 Å². The summed E-state index contributed by atoms with van der Waals surface area (Å²) >= 11 is 15.4. The van der Waals surface area contributed by atoms with E-state index in [0.717, 1.165) is 4.47 Å². The third-order valence-corrected chi connectivity index (χ3v) is 4.00. The van der Waals surface area contributed by atoms with Gasteiger partial charge >= 0.3 is 5.97 Å². The van der Waals surface area contributed by atoms with Crippen molar-refractivity contribution in [1.82, 2.24) is 0 Å². The zero-order valence-corrected chi connectivity index (χ0v) is 13.2. The quantitative estimate of drug-likeness (QED) is 0.792. The minimum Gasteiger partial charge on any atom is -0.479 e. The van der Waals surface area contributed by atoms with Crippen molar-refractivity contribution in [1.29, 1.82) is 0 Å². The predicted octanol–water partition coefficient (Wildman–Crippen LogP) is 4.99. The van der Waals surface area contributed by atoms with Gasteiger partial charge in [-0.15, -0.1) is 0 Å². The Kier molecular flexibility index (Phi) is 4.91. The van der Waals surface area contributed by atoms with Crippen molar-refractivity contribution in [2.75, 3.05) is 5.32 Å². The zero-order valence-electron chi connectivity index (χ0n) is 10.1. The van der Waals surface area contributed by atoms with Crippen molar-refractivity contribution in [2.24, 2.45) is 0 Å². The molecule has 6 heteroatoms. The van der Waals surface area contributed by atoms with Gasteiger partial charge in [-0.1, -0.05) is 57.3 Å². The van der Waals surface area contributed by atoms with E-state index in [1.54, 1.807) is 30.3 Å². The minimum atomic E-state index is -1.03. The fourth-order valence-corrected chi connectivity index (χ4v) is 2.58. The van der Waals surface area contributed by atoms with Crippen LogP contribution in [0.3, 0.4) is 0 Å². The van der Waals surface area contributed by atoms with Crippen molar-refractivity contribution in [3.05, 3.63) is 62.5 Å². The Hall–Kier alpha value is -1.23. The van der Waals surface area contributed by atoms with Crippen LogP contribution < -0.4 is 5.32 Å². The largest absolute Gasteiger partial charge is 0.479 e. The molecule has 2 N–H and O–H groups in total. The number of nitrogens with one attached hydrogen (secondary N) is 1. The standard InChI is InChI=1S/C14H10BrCl2NO2/c15-8-3-1-4-9(7-8)18-13(14(19)20)10-5-2-6-11(16)12(10)17/h1-7,13,18H,(H,19,20). The average molecular weight is 375 g/mol. The molecule has 1 unspecified atom stereocenters. The number of halogens is 3. The summed E-state index contributed by atoms with van der Waals surface area (Å²) in [6.07, 6.45) is 0. The van der Waals surface area contributed by atoms with Gasteiger partial charge in [0.25, 0.3) is 0 Å². The molecule has 0 aromatic heterocycles. The van der Waals surface area contributed by atoms with Crippen LogP contribution in [-0.4, -0.2) is 11.1 Å². The molecule has 0 bridgehead atoms. The highest BCUT2D eigenvalue weighted by atomic mass is 79.9. The van der Waals surface area contributed by atoms with Crippen molar-refractivity contribution < 1.29 is 9.90 Å². The fourth-order valence-electron chi connectivity index (χ4n) is 1.76. The van der Waals surface area contributed by atoms with E-state index < -0.39 is 12.0 Å². The number of carbonyl (C=O) groups is 1. The number of hydrogen-bond donors (Lipinski definition) is 2. The normalized spacial score (nSPS) is 11.9. The first-order valence-corrected chi connectivity index (χ1v) is 7.23. The lowest BCUT2D eigenvalue weighted by Crippen LogP contribution is -2.20. The number of aliphatic carboxylic acids is 1. The molecule has 0 amide bonds. The first-order valence-electron chi connectivity index (χ1n) is 5.68. The molecule has 3 nitrogen and oxygen atoms in total. The minimum absolute atomic E-state index is 0.240. The molecule has 0 aliphatic carbocycles. The third-order valence-electron chi connectivity index (χ3n) is 2.68. The Morgan fingerprint density at radius 2 is 1.90 bits per heavy atom. The van der Waals surface area contributed by atoms with Crippen molar-refractivity contribution >= 4 is 50.8 Å². The van der Waals surface area contributed by atoms with E-state index in [4.69, 9.17) is 23.2 Å². The maximum absolute atomic E-state index is 11.5. The number of carboxylic acids is 1. The number of hydrogen-bond acceptors (Lipinski definition) is 2. The van der Waals surface area contributed by atoms with Crippen LogP contribution in [0.4, 0.5) is 5.69 Å². The molecule has 0 aliphatic heterocycles. The van der Waals surface area contributed by atoms with Gasteiger partial charge < -0.3 is 10.4 Å². The molecule has 0 heterocycles. The second-order valence-corrected chi connectivity index (χ2v) is 5.77. The lowest BCUT2D eigenvalue weighted by molar-refractivity contribution is -0.138. The van der Waals surface area contributed by atoms with Gasteiger partial charge in [-0.05, 0) is 24.3 Å². The Morgan fingerprint density at radius 1 is 1.20 bits per heavy atom. The lowest BCUT2D eigenvalue weighted by atomic mass is 10.1. The molecule has 0 fully saturated rings. The van der Waals surface area contributed by atoms with E-state index >= 15 is 0 Å². The zero-order chi connectivity index (χ0) is 14.7. The smallest absolute Gasteiger partial charge is 0.330 e. The number of benzene rings is 2. The SMILES string of the molecule is O=C(O)C(Nc1cccc(Br)c1)c1cccc(Cl)c1Cl. The molecule has 0 saturated carbocycles. The average Bonchev–Trinajstić information content (AvgIpc) is 2.39. The van der Waals surface area contributed by atoms with Gasteiger partial charge in [0.05, 0.1) is 10.0 Å². The summed E-state index contributed by atoms with van der Waals surface area (Å²) < 4.78 is 0.851. The first kappa shape index (κ1) is 15.2. The van der Waals surface area contributed by atoms with E-state index in [9.17, 15) is 9.90 Å². The summed E-state index contributed by atoms with van der Waals surface area (Å²) in [5.74, 6) is -1.03. The molecule has 0 aliphatic rings. The summed E-state index contributed by atoms with van der Waals surface area (Å²) in [6.45, 7) is 0. The molecule has 2 aromatic rings. The highest BCUT2D eigenvalue weighted by Gasteiger charge is 2.23. The molecule has 1 atom stereocenters. The van der Waals surface area contributed by atoms with Crippen LogP contribution in [0.5, 0.6) is 0 Å². The second-order valence-electron chi connectivity index (χ2n) is 4.07. The Bertz CT molecular complexity index is 649. The molecule has 20 heavy (non-hydrogen) atoms. The van der Waals surface area contributed by atoms with Gasteiger partial charge in [0.1, 0.15) is 0 Å². The van der Waals surface area contributed by atoms with Crippen LogP contribution in [0.15, 0.2) is 46.9 Å². The Morgan fingerprint density at radius 3 is 2.55 bits per heavy atom. The molecule has 0 spiro atoms. The maximum Gasteiger partial charge on any atom is 0.330 e. The van der Waals surface area contributed by atoms with Crippen molar-refractivity contribution in [3.8, 4) is 0 Å². The van der Waals surface area contributed by atoms with Crippen LogP contribution in [0.25, 0.3) is 0 Å². The highest BCUT2D eigenvalue weighted by Crippen LogP contribution is 2.32. The van der Waals surface area contributed by atoms with Crippen LogP contribution in [0.1, 0.15) is 11.6 Å². The first-order chi connectivity index (χ1) is 9.49. The highest BCUT2D eigenvalue weighted by molar-refractivity contribution is 9.10. The number of carboxylic acid groups (broad SMARTS) is 1. The number of rotatable bonds is 4. The van der Waals surface area contributed by atoms with Crippen LogP contribution >= 0.6 is 39.1 Å². The summed E-state index contributed by atoms with van der Waals surface area (Å²) in [4.78, 5) is 11.5. The van der Waals surface area contributed by atoms with Gasteiger partial charge in [-0.3, -0.25) is 0 Å². The van der Waals surface area contributed by atoms with E-state index in [1.807, 2.05) is 12.1 Å². The maximum atomic E-state index is 11.5. The van der Waals surface area contributed by atoms with E-state index in [-0.39, 0.29) is 5.02 Å². The molecule has 0 radical (unpaired) electrons. The van der Waals surface area contributed by atoms with Gasteiger partial charge in [0, 0.05) is 15.7 Å². The molecular weight excluding hydrogens is 365 g/mol. The van der Waals surface area contributed by atoms with E-state index in [1.165, 1.54) is 0 Å². The molecule has 2 rings (SSSR count).